The summed E-state index contributed by atoms with van der Waals surface area (Å²) in [6, 6.07) is 0. The number of rotatable bonds is 37. The van der Waals surface area contributed by atoms with Gasteiger partial charge < -0.3 is 39.9 Å². The fourth-order valence-electron chi connectivity index (χ4n) is 6.92. The zero-order valence-electron chi connectivity index (χ0n) is 35.4. The normalized spacial score (nSPS) is 22.7. The van der Waals surface area contributed by atoms with Crippen LogP contribution in [0.5, 0.6) is 0 Å². The number of carbonyl (C=O) groups excluding carboxylic acids is 2. The molecule has 0 saturated heterocycles. The Morgan fingerprint density at radius 3 is 1.39 bits per heavy atom. The third-order valence-corrected chi connectivity index (χ3v) is 11.6. The van der Waals surface area contributed by atoms with Gasteiger partial charge in [-0.3, -0.25) is 18.6 Å². The summed E-state index contributed by atoms with van der Waals surface area (Å²) in [6.45, 7) is 3.27. The van der Waals surface area contributed by atoms with E-state index in [1.807, 2.05) is 0 Å². The third kappa shape index (κ3) is 27.1. The number of aliphatic hydroxyl groups is 5. The van der Waals surface area contributed by atoms with Gasteiger partial charge in [-0.15, -0.1) is 0 Å². The predicted octanol–water partition coefficient (Wildman–Crippen LogP) is 8.28. The first-order chi connectivity index (χ1) is 27.4. The van der Waals surface area contributed by atoms with E-state index in [-0.39, 0.29) is 12.8 Å². The molecule has 0 radical (unpaired) electrons. The highest BCUT2D eigenvalue weighted by Crippen LogP contribution is 2.47. The Labute approximate surface area is 343 Å². The molecular weight excluding hydrogens is 755 g/mol. The molecule has 1 rings (SSSR count). The second-order valence-electron chi connectivity index (χ2n) is 15.9. The van der Waals surface area contributed by atoms with E-state index in [4.69, 9.17) is 18.5 Å². The van der Waals surface area contributed by atoms with Crippen LogP contribution in [-0.2, 0) is 32.7 Å². The summed E-state index contributed by atoms with van der Waals surface area (Å²) >= 11 is 0. The van der Waals surface area contributed by atoms with Crippen LogP contribution in [0.2, 0.25) is 0 Å². The van der Waals surface area contributed by atoms with Gasteiger partial charge in [-0.2, -0.15) is 0 Å². The number of allylic oxidation sites excluding steroid dienone is 2. The van der Waals surface area contributed by atoms with E-state index in [1.165, 1.54) is 103 Å². The van der Waals surface area contributed by atoms with Crippen molar-refractivity contribution < 1.29 is 63.1 Å². The lowest BCUT2D eigenvalue weighted by atomic mass is 9.85. The minimum absolute atomic E-state index is 0.0982. The molecule has 0 amide bonds. The molecule has 0 bridgehead atoms. The number of ether oxygens (including phenoxy) is 2. The van der Waals surface area contributed by atoms with Crippen molar-refractivity contribution in [3.8, 4) is 0 Å². The fraction of sp³-hybridized carbons (Fsp3) is 0.907. The molecule has 1 aliphatic carbocycles. The maximum Gasteiger partial charge on any atom is 0.472 e. The minimum Gasteiger partial charge on any atom is -0.462 e. The average Bonchev–Trinajstić information content (AvgIpc) is 3.19. The smallest absolute Gasteiger partial charge is 0.462 e. The van der Waals surface area contributed by atoms with Gasteiger partial charge in [-0.05, 0) is 32.1 Å². The molecule has 1 aliphatic rings. The lowest BCUT2D eigenvalue weighted by Crippen LogP contribution is -2.64. The molecule has 8 atom stereocenters. The predicted molar refractivity (Wildman–Crippen MR) is 221 cm³/mol. The molecule has 57 heavy (non-hydrogen) atoms. The van der Waals surface area contributed by atoms with Crippen molar-refractivity contribution in [2.45, 2.75) is 236 Å². The van der Waals surface area contributed by atoms with E-state index >= 15 is 0 Å². The molecule has 6 N–H and O–H groups in total. The molecule has 1 fully saturated rings. The topological polar surface area (TPSA) is 210 Å². The van der Waals surface area contributed by atoms with Crippen LogP contribution in [0.15, 0.2) is 12.2 Å². The monoisotopic (exact) mass is 837 g/mol. The Balaban J connectivity index is 2.47. The van der Waals surface area contributed by atoms with Crippen LogP contribution in [-0.4, -0.2) is 98.3 Å². The van der Waals surface area contributed by atoms with Gasteiger partial charge in [0.1, 0.15) is 43.2 Å². The van der Waals surface area contributed by atoms with Crippen LogP contribution in [0.1, 0.15) is 194 Å². The van der Waals surface area contributed by atoms with E-state index in [1.54, 1.807) is 0 Å². The van der Waals surface area contributed by atoms with Gasteiger partial charge in [0, 0.05) is 12.8 Å². The summed E-state index contributed by atoms with van der Waals surface area (Å²) in [5.74, 6) is -1.09. The maximum atomic E-state index is 12.8. The number of hydrogen-bond donors (Lipinski definition) is 6. The van der Waals surface area contributed by atoms with E-state index in [0.717, 1.165) is 51.4 Å². The summed E-state index contributed by atoms with van der Waals surface area (Å²) in [4.78, 5) is 35.6. The molecule has 0 aromatic carbocycles. The van der Waals surface area contributed by atoms with Crippen LogP contribution in [0, 0.1) is 0 Å². The van der Waals surface area contributed by atoms with Crippen LogP contribution in [0.25, 0.3) is 0 Å². The Morgan fingerprint density at radius 2 is 0.912 bits per heavy atom. The molecule has 0 spiro atoms. The first-order valence-electron chi connectivity index (χ1n) is 22.5. The van der Waals surface area contributed by atoms with Gasteiger partial charge >= 0.3 is 19.8 Å². The van der Waals surface area contributed by atoms with Gasteiger partial charge in [0.05, 0.1) is 6.61 Å². The molecule has 0 aromatic rings. The molecule has 13 nitrogen and oxygen atoms in total. The van der Waals surface area contributed by atoms with Crippen molar-refractivity contribution in [1.29, 1.82) is 0 Å². The molecule has 336 valence electrons. The molecule has 0 aromatic heterocycles. The van der Waals surface area contributed by atoms with E-state index in [0.29, 0.717) is 12.8 Å². The largest absolute Gasteiger partial charge is 0.472 e. The maximum absolute atomic E-state index is 12.8. The molecule has 14 heteroatoms. The third-order valence-electron chi connectivity index (χ3n) is 10.6. The second-order valence-corrected chi connectivity index (χ2v) is 17.3. The summed E-state index contributed by atoms with van der Waals surface area (Å²) in [6.07, 6.45) is 21.2. The van der Waals surface area contributed by atoms with Crippen molar-refractivity contribution in [2.75, 3.05) is 13.2 Å². The Bertz CT molecular complexity index is 1060. The van der Waals surface area contributed by atoms with Crippen LogP contribution in [0.3, 0.4) is 0 Å². The number of esters is 2. The van der Waals surface area contributed by atoms with Gasteiger partial charge in [0.15, 0.2) is 6.10 Å². The standard InChI is InChI=1S/C43H81O13P/c1-3-5-7-9-11-13-15-17-18-20-22-24-26-28-30-32-37(45)55-35(34-54-57(51,52)56-43-41(49)39(47)38(46)40(48)42(43)50)33-53-36(44)31-29-27-25-23-21-19-16-14-12-10-8-6-4-2/h9,11,35,38-43,46-50H,3-8,10,12-34H2,1-2H3,(H,51,52)/b11-9+/t35-,38?,39-,40?,41?,42?,43?/m1/s1. The van der Waals surface area contributed by atoms with Gasteiger partial charge in [0.25, 0.3) is 0 Å². The zero-order valence-corrected chi connectivity index (χ0v) is 36.3. The first-order valence-corrected chi connectivity index (χ1v) is 24.0. The number of phosphoric acid groups is 1. The van der Waals surface area contributed by atoms with E-state index in [9.17, 15) is 44.6 Å². The van der Waals surface area contributed by atoms with Gasteiger partial charge in [-0.25, -0.2) is 4.57 Å². The van der Waals surface area contributed by atoms with Crippen molar-refractivity contribution in [3.63, 3.8) is 0 Å². The van der Waals surface area contributed by atoms with E-state index in [2.05, 4.69) is 26.0 Å². The van der Waals surface area contributed by atoms with Crippen LogP contribution in [0.4, 0.5) is 0 Å². The highest BCUT2D eigenvalue weighted by atomic mass is 31.2. The summed E-state index contributed by atoms with van der Waals surface area (Å²) in [7, 11) is -5.11. The summed E-state index contributed by atoms with van der Waals surface area (Å²) in [5.41, 5.74) is 0. The van der Waals surface area contributed by atoms with Crippen LogP contribution >= 0.6 is 7.82 Å². The van der Waals surface area contributed by atoms with Gasteiger partial charge in [-0.1, -0.05) is 161 Å². The quantitative estimate of drug-likeness (QED) is 0.0151. The highest BCUT2D eigenvalue weighted by molar-refractivity contribution is 7.47. The minimum atomic E-state index is -5.11. The lowest BCUT2D eigenvalue weighted by molar-refractivity contribution is -0.220. The van der Waals surface area contributed by atoms with Crippen molar-refractivity contribution >= 4 is 19.8 Å². The number of phosphoric ester groups is 1. The SMILES string of the molecule is CCCC/C=C/CCCCCCCCCCCC(=O)O[C@H](COC(=O)CCCCCCCCCCCCCCC)COP(=O)(O)OC1C(O)C(O)C(O)[C@@H](O)C1O. The molecule has 0 heterocycles. The molecule has 6 unspecified atom stereocenters. The zero-order chi connectivity index (χ0) is 42.2. The Kier molecular flexibility index (Phi) is 32.3. The molecule has 0 aliphatic heterocycles. The molecular formula is C43H81O13P. The first kappa shape index (κ1) is 53.6. The van der Waals surface area contributed by atoms with E-state index < -0.39 is 75.7 Å². The van der Waals surface area contributed by atoms with Gasteiger partial charge in [0.2, 0.25) is 0 Å². The van der Waals surface area contributed by atoms with Crippen molar-refractivity contribution in [2.24, 2.45) is 0 Å². The highest BCUT2D eigenvalue weighted by Gasteiger charge is 2.51. The van der Waals surface area contributed by atoms with Crippen molar-refractivity contribution in [1.82, 2.24) is 0 Å². The fourth-order valence-corrected chi connectivity index (χ4v) is 7.89. The number of unbranched alkanes of at least 4 members (excludes halogenated alkanes) is 23. The summed E-state index contributed by atoms with van der Waals surface area (Å²) < 4.78 is 33.5. The van der Waals surface area contributed by atoms with Crippen LogP contribution < -0.4 is 0 Å². The Hall–Kier alpha value is -1.41. The van der Waals surface area contributed by atoms with Crippen molar-refractivity contribution in [3.05, 3.63) is 12.2 Å². The summed E-state index contributed by atoms with van der Waals surface area (Å²) in [5, 5.41) is 50.1. The Morgan fingerprint density at radius 1 is 0.526 bits per heavy atom. The molecule has 1 saturated carbocycles. The average molecular weight is 837 g/mol. The number of carbonyl (C=O) groups is 2. The second kappa shape index (κ2) is 34.3. The number of hydrogen-bond acceptors (Lipinski definition) is 12. The number of aliphatic hydroxyl groups excluding tert-OH is 5. The lowest BCUT2D eigenvalue weighted by Gasteiger charge is -2.41.